The molecule has 0 heterocycles. The van der Waals surface area contributed by atoms with E-state index >= 15 is 0 Å². The molecule has 0 unspecified atom stereocenters. The Morgan fingerprint density at radius 1 is 1.29 bits per heavy atom. The second-order valence-corrected chi connectivity index (χ2v) is 6.17. The largest absolute Gasteiger partial charge is 0.356 e. The van der Waals surface area contributed by atoms with Crippen molar-refractivity contribution in [3.05, 3.63) is 0 Å². The van der Waals surface area contributed by atoms with Crippen LogP contribution in [-0.2, 0) is 0 Å². The van der Waals surface area contributed by atoms with Gasteiger partial charge < -0.3 is 10.6 Å². The minimum atomic E-state index is 0.648. The lowest BCUT2D eigenvalue weighted by atomic mass is 10.0. The van der Waals surface area contributed by atoms with Crippen LogP contribution in [-0.4, -0.2) is 26.1 Å². The fourth-order valence-electron chi connectivity index (χ4n) is 2.55. The quantitative estimate of drug-likeness (QED) is 0.550. The second-order valence-electron chi connectivity index (χ2n) is 6.17. The Morgan fingerprint density at radius 3 is 2.47 bits per heavy atom. The van der Waals surface area contributed by atoms with E-state index < -0.39 is 0 Å². The SMILES string of the molecule is CN=C(NCCC(C)C)NCC1(C2CC2)CC1. The maximum Gasteiger partial charge on any atom is 0.190 e. The number of hydrogen-bond donors (Lipinski definition) is 2. The van der Waals surface area contributed by atoms with Gasteiger partial charge in [0.1, 0.15) is 0 Å². The summed E-state index contributed by atoms with van der Waals surface area (Å²) in [4.78, 5) is 4.29. The van der Waals surface area contributed by atoms with Crippen molar-refractivity contribution in [2.24, 2.45) is 22.2 Å². The number of guanidine groups is 1. The van der Waals surface area contributed by atoms with Gasteiger partial charge in [-0.05, 0) is 49.4 Å². The molecule has 0 bridgehead atoms. The smallest absolute Gasteiger partial charge is 0.190 e. The molecule has 17 heavy (non-hydrogen) atoms. The lowest BCUT2D eigenvalue weighted by Crippen LogP contribution is -2.41. The van der Waals surface area contributed by atoms with Crippen LogP contribution in [0.3, 0.4) is 0 Å². The highest BCUT2D eigenvalue weighted by Gasteiger charge is 2.53. The molecule has 0 radical (unpaired) electrons. The number of aliphatic imine (C=N–C) groups is 1. The molecule has 0 atom stereocenters. The first kappa shape index (κ1) is 12.7. The molecule has 2 saturated carbocycles. The maximum absolute atomic E-state index is 4.29. The van der Waals surface area contributed by atoms with Crippen LogP contribution in [0.1, 0.15) is 46.0 Å². The van der Waals surface area contributed by atoms with E-state index in [1.807, 2.05) is 7.05 Å². The van der Waals surface area contributed by atoms with Crippen LogP contribution in [0, 0.1) is 17.3 Å². The summed E-state index contributed by atoms with van der Waals surface area (Å²) in [6.07, 6.45) is 6.97. The molecule has 0 aromatic carbocycles. The van der Waals surface area contributed by atoms with Gasteiger partial charge in [0.25, 0.3) is 0 Å². The van der Waals surface area contributed by atoms with Crippen molar-refractivity contribution in [2.45, 2.75) is 46.0 Å². The summed E-state index contributed by atoms with van der Waals surface area (Å²) in [5, 5.41) is 6.91. The van der Waals surface area contributed by atoms with Crippen molar-refractivity contribution in [1.29, 1.82) is 0 Å². The Hall–Kier alpha value is -0.730. The molecule has 0 aromatic rings. The van der Waals surface area contributed by atoms with E-state index in [2.05, 4.69) is 29.5 Å². The lowest BCUT2D eigenvalue weighted by Gasteiger charge is -2.18. The summed E-state index contributed by atoms with van der Waals surface area (Å²) >= 11 is 0. The molecule has 2 N–H and O–H groups in total. The van der Waals surface area contributed by atoms with E-state index in [-0.39, 0.29) is 0 Å². The first-order valence-corrected chi connectivity index (χ1v) is 7.11. The molecule has 3 heteroatoms. The molecular formula is C14H27N3. The van der Waals surface area contributed by atoms with E-state index in [1.54, 1.807) is 0 Å². The zero-order chi connectivity index (χ0) is 12.3. The standard InChI is InChI=1S/C14H27N3/c1-11(2)6-9-16-13(15-3)17-10-14(7-8-14)12-4-5-12/h11-12H,4-10H2,1-3H3,(H2,15,16,17). The molecule has 0 saturated heterocycles. The lowest BCUT2D eigenvalue weighted by molar-refractivity contribution is 0.430. The molecule has 0 spiro atoms. The van der Waals surface area contributed by atoms with Crippen molar-refractivity contribution in [2.75, 3.05) is 20.1 Å². The number of nitrogens with one attached hydrogen (secondary N) is 2. The average Bonchev–Trinajstić information content (AvgIpc) is 3.15. The van der Waals surface area contributed by atoms with Crippen LogP contribution in [0.2, 0.25) is 0 Å². The minimum Gasteiger partial charge on any atom is -0.356 e. The van der Waals surface area contributed by atoms with Crippen LogP contribution in [0.15, 0.2) is 4.99 Å². The first-order valence-electron chi connectivity index (χ1n) is 7.11. The zero-order valence-electron chi connectivity index (χ0n) is 11.6. The summed E-state index contributed by atoms with van der Waals surface area (Å²) in [6.45, 7) is 6.65. The molecule has 2 aliphatic carbocycles. The fraction of sp³-hybridized carbons (Fsp3) is 0.929. The summed E-state index contributed by atoms with van der Waals surface area (Å²) in [7, 11) is 1.86. The molecule has 2 rings (SSSR count). The van der Waals surface area contributed by atoms with Crippen molar-refractivity contribution >= 4 is 5.96 Å². The average molecular weight is 237 g/mol. The van der Waals surface area contributed by atoms with E-state index in [1.165, 1.54) is 32.1 Å². The maximum atomic E-state index is 4.29. The first-order chi connectivity index (χ1) is 8.16. The second kappa shape index (κ2) is 5.28. The summed E-state index contributed by atoms with van der Waals surface area (Å²) in [5.74, 6) is 2.75. The number of rotatable bonds is 6. The summed E-state index contributed by atoms with van der Waals surface area (Å²) in [6, 6.07) is 0. The number of hydrogen-bond acceptors (Lipinski definition) is 1. The highest BCUT2D eigenvalue weighted by molar-refractivity contribution is 5.79. The minimum absolute atomic E-state index is 0.648. The van der Waals surface area contributed by atoms with Gasteiger partial charge >= 0.3 is 0 Å². The Morgan fingerprint density at radius 2 is 2.00 bits per heavy atom. The van der Waals surface area contributed by atoms with Gasteiger partial charge in [0.05, 0.1) is 0 Å². The molecule has 2 aliphatic rings. The molecule has 3 nitrogen and oxygen atoms in total. The fourth-order valence-corrected chi connectivity index (χ4v) is 2.55. The van der Waals surface area contributed by atoms with Crippen LogP contribution in [0.25, 0.3) is 0 Å². The van der Waals surface area contributed by atoms with Gasteiger partial charge in [0.15, 0.2) is 5.96 Å². The highest BCUT2D eigenvalue weighted by atomic mass is 15.2. The zero-order valence-corrected chi connectivity index (χ0v) is 11.6. The van der Waals surface area contributed by atoms with Crippen molar-refractivity contribution in [3.63, 3.8) is 0 Å². The Labute approximate surface area is 105 Å². The van der Waals surface area contributed by atoms with Crippen molar-refractivity contribution in [1.82, 2.24) is 10.6 Å². The molecular weight excluding hydrogens is 210 g/mol. The third-order valence-electron chi connectivity index (χ3n) is 4.18. The molecule has 0 aliphatic heterocycles. The monoisotopic (exact) mass is 237 g/mol. The predicted molar refractivity (Wildman–Crippen MR) is 73.2 cm³/mol. The Kier molecular flexibility index (Phi) is 3.95. The van der Waals surface area contributed by atoms with E-state index in [4.69, 9.17) is 0 Å². The van der Waals surface area contributed by atoms with Gasteiger partial charge in [-0.25, -0.2) is 0 Å². The predicted octanol–water partition coefficient (Wildman–Crippen LogP) is 2.39. The van der Waals surface area contributed by atoms with Gasteiger partial charge in [-0.2, -0.15) is 0 Å². The molecule has 2 fully saturated rings. The van der Waals surface area contributed by atoms with E-state index in [0.29, 0.717) is 5.41 Å². The Bertz CT molecular complexity index is 275. The third-order valence-corrected chi connectivity index (χ3v) is 4.18. The van der Waals surface area contributed by atoms with Gasteiger partial charge in [0.2, 0.25) is 0 Å². The summed E-state index contributed by atoms with van der Waals surface area (Å²) < 4.78 is 0. The highest BCUT2D eigenvalue weighted by Crippen LogP contribution is 2.60. The van der Waals surface area contributed by atoms with Gasteiger partial charge in [-0.1, -0.05) is 13.8 Å². The Balaban J connectivity index is 1.65. The third kappa shape index (κ3) is 3.62. The normalized spacial score (nSPS) is 22.7. The van der Waals surface area contributed by atoms with Crippen LogP contribution >= 0.6 is 0 Å². The van der Waals surface area contributed by atoms with Crippen LogP contribution < -0.4 is 10.6 Å². The van der Waals surface area contributed by atoms with Crippen molar-refractivity contribution < 1.29 is 0 Å². The molecule has 0 aromatic heterocycles. The van der Waals surface area contributed by atoms with E-state index in [9.17, 15) is 0 Å². The van der Waals surface area contributed by atoms with Gasteiger partial charge in [0, 0.05) is 20.1 Å². The van der Waals surface area contributed by atoms with Crippen molar-refractivity contribution in [3.8, 4) is 0 Å². The van der Waals surface area contributed by atoms with Crippen LogP contribution in [0.4, 0.5) is 0 Å². The topological polar surface area (TPSA) is 36.4 Å². The molecule has 0 amide bonds. The van der Waals surface area contributed by atoms with Crippen LogP contribution in [0.5, 0.6) is 0 Å². The number of nitrogens with zero attached hydrogens (tertiary/aromatic N) is 1. The van der Waals surface area contributed by atoms with E-state index in [0.717, 1.165) is 30.9 Å². The molecule has 98 valence electrons. The van der Waals surface area contributed by atoms with Gasteiger partial charge in [-0.15, -0.1) is 0 Å². The van der Waals surface area contributed by atoms with Gasteiger partial charge in [-0.3, -0.25) is 4.99 Å². The summed E-state index contributed by atoms with van der Waals surface area (Å²) in [5.41, 5.74) is 0.648.